The van der Waals surface area contributed by atoms with Crippen molar-refractivity contribution in [2.45, 2.75) is 74.5 Å². The summed E-state index contributed by atoms with van der Waals surface area (Å²) in [4.78, 5) is 15.8. The van der Waals surface area contributed by atoms with Gasteiger partial charge in [0, 0.05) is 30.1 Å². The van der Waals surface area contributed by atoms with Crippen LogP contribution >= 0.6 is 0 Å². The van der Waals surface area contributed by atoms with Crippen molar-refractivity contribution in [3.63, 3.8) is 0 Å². The first-order valence-electron chi connectivity index (χ1n) is 13.0. The maximum atomic E-state index is 13.0. The summed E-state index contributed by atoms with van der Waals surface area (Å²) >= 11 is 0. The number of fused-ring (bicyclic) bond motifs is 2. The van der Waals surface area contributed by atoms with Gasteiger partial charge in [0.2, 0.25) is 0 Å². The summed E-state index contributed by atoms with van der Waals surface area (Å²) < 4.78 is 7.22. The number of nitrogens with zero attached hydrogens (tertiary/aromatic N) is 1. The summed E-state index contributed by atoms with van der Waals surface area (Å²) in [5.74, 6) is 1.19. The van der Waals surface area contributed by atoms with Gasteiger partial charge in [-0.05, 0) is 99.2 Å². The zero-order valence-electron chi connectivity index (χ0n) is 20.0. The fraction of sp³-hybridized carbons (Fsp3) is 0.552. The van der Waals surface area contributed by atoms with Crippen molar-refractivity contribution in [1.82, 2.24) is 10.2 Å². The number of benzene rings is 2. The molecule has 2 N–H and O–H groups in total. The first-order valence-corrected chi connectivity index (χ1v) is 13.0. The van der Waals surface area contributed by atoms with Crippen LogP contribution in [0.3, 0.4) is 0 Å². The first kappa shape index (κ1) is 21.0. The lowest BCUT2D eigenvalue weighted by Crippen LogP contribution is -2.69. The number of hydrogen-bond donors (Lipinski definition) is 2. The summed E-state index contributed by atoms with van der Waals surface area (Å²) in [6.07, 6.45) is 7.75. The van der Waals surface area contributed by atoms with Crippen molar-refractivity contribution in [3.8, 4) is 5.75 Å². The largest absolute Gasteiger partial charge is 0.508 e. The quantitative estimate of drug-likeness (QED) is 0.708. The molecule has 5 aliphatic rings. The number of aromatic hydroxyl groups is 1. The number of aryl methyl sites for hydroxylation is 1. The molecule has 178 valence electrons. The Labute approximate surface area is 201 Å². The Morgan fingerprint density at radius 1 is 1.18 bits per heavy atom. The van der Waals surface area contributed by atoms with Gasteiger partial charge in [0.05, 0.1) is 11.2 Å². The Morgan fingerprint density at radius 3 is 2.85 bits per heavy atom. The second-order valence-corrected chi connectivity index (χ2v) is 11.7. The predicted octanol–water partition coefficient (Wildman–Crippen LogP) is 4.10. The maximum absolute atomic E-state index is 13.0. The third-order valence-electron chi connectivity index (χ3n) is 9.76. The molecule has 0 radical (unpaired) electrons. The number of ether oxygens (including phenoxy) is 1. The minimum absolute atomic E-state index is 0.0132. The van der Waals surface area contributed by atoms with Crippen LogP contribution < -0.4 is 5.32 Å². The molecule has 4 fully saturated rings. The number of rotatable bonds is 5. The molecule has 1 saturated carbocycles. The second-order valence-electron chi connectivity index (χ2n) is 11.7. The molecule has 34 heavy (non-hydrogen) atoms. The Morgan fingerprint density at radius 2 is 2.03 bits per heavy atom. The first-order chi connectivity index (χ1) is 16.4. The highest BCUT2D eigenvalue weighted by atomic mass is 16.5. The van der Waals surface area contributed by atoms with Crippen LogP contribution in [-0.4, -0.2) is 52.8 Å². The van der Waals surface area contributed by atoms with Crippen molar-refractivity contribution in [2.75, 3.05) is 19.6 Å². The van der Waals surface area contributed by atoms with Crippen molar-refractivity contribution in [2.24, 2.45) is 5.92 Å². The highest BCUT2D eigenvalue weighted by Gasteiger charge is 2.75. The molecule has 1 spiro atoms. The van der Waals surface area contributed by atoms with Crippen LogP contribution in [0.1, 0.15) is 65.6 Å². The molecule has 3 heterocycles. The predicted molar refractivity (Wildman–Crippen MR) is 130 cm³/mol. The van der Waals surface area contributed by atoms with Gasteiger partial charge in [0.25, 0.3) is 5.91 Å². The number of phenols is 1. The average molecular weight is 459 g/mol. The Kier molecular flexibility index (Phi) is 4.36. The SMILES string of the molecule is Cc1ccccc1C(=O)NC[C@@]12CC[C@@]3(O1)[C@H]1Cc4ccc(O)cc4[C@@]3(CCN1CC1CC1)C2. The van der Waals surface area contributed by atoms with Gasteiger partial charge < -0.3 is 15.2 Å². The molecule has 3 saturated heterocycles. The van der Waals surface area contributed by atoms with Gasteiger partial charge in [-0.3, -0.25) is 9.69 Å². The van der Waals surface area contributed by atoms with E-state index in [2.05, 4.69) is 16.3 Å². The van der Waals surface area contributed by atoms with Gasteiger partial charge in [-0.25, -0.2) is 0 Å². The molecule has 5 heteroatoms. The number of nitrogens with one attached hydrogen (secondary N) is 1. The Hall–Kier alpha value is -2.37. The Bertz CT molecular complexity index is 1180. The summed E-state index contributed by atoms with van der Waals surface area (Å²) in [5.41, 5.74) is 3.80. The number of amides is 1. The van der Waals surface area contributed by atoms with Crippen molar-refractivity contribution < 1.29 is 14.6 Å². The highest BCUT2D eigenvalue weighted by Crippen LogP contribution is 2.69. The summed E-state index contributed by atoms with van der Waals surface area (Å²) in [7, 11) is 0. The number of carbonyl (C=O) groups is 1. The van der Waals surface area contributed by atoms with E-state index in [9.17, 15) is 9.90 Å². The summed E-state index contributed by atoms with van der Waals surface area (Å²) in [6, 6.07) is 14.2. The van der Waals surface area contributed by atoms with Crippen LogP contribution in [0.15, 0.2) is 42.5 Å². The maximum Gasteiger partial charge on any atom is 0.251 e. The fourth-order valence-electron chi connectivity index (χ4n) is 8.05. The van der Waals surface area contributed by atoms with Gasteiger partial charge >= 0.3 is 0 Å². The van der Waals surface area contributed by atoms with E-state index < -0.39 is 0 Å². The summed E-state index contributed by atoms with van der Waals surface area (Å²) in [6.45, 7) is 4.83. The lowest BCUT2D eigenvalue weighted by atomic mass is 9.50. The van der Waals surface area contributed by atoms with Crippen molar-refractivity contribution in [1.29, 1.82) is 0 Å². The number of hydrogen-bond acceptors (Lipinski definition) is 4. The van der Waals surface area contributed by atoms with E-state index in [4.69, 9.17) is 4.74 Å². The van der Waals surface area contributed by atoms with Gasteiger partial charge in [0.1, 0.15) is 5.75 Å². The fourth-order valence-corrected chi connectivity index (χ4v) is 8.05. The highest BCUT2D eigenvalue weighted by molar-refractivity contribution is 5.95. The zero-order valence-corrected chi connectivity index (χ0v) is 20.0. The van der Waals surface area contributed by atoms with E-state index in [1.165, 1.54) is 30.5 Å². The average Bonchev–Trinajstić information content (AvgIpc) is 3.50. The van der Waals surface area contributed by atoms with E-state index in [1.807, 2.05) is 43.3 Å². The van der Waals surface area contributed by atoms with Crippen LogP contribution in [0.4, 0.5) is 0 Å². The molecule has 0 aromatic heterocycles. The molecule has 2 aromatic carbocycles. The van der Waals surface area contributed by atoms with Crippen LogP contribution in [0.25, 0.3) is 0 Å². The van der Waals surface area contributed by atoms with E-state index in [1.54, 1.807) is 0 Å². The number of piperidine rings is 1. The number of phenolic OH excluding ortho intramolecular Hbond substituents is 1. The smallest absolute Gasteiger partial charge is 0.251 e. The van der Waals surface area contributed by atoms with E-state index in [-0.39, 0.29) is 22.5 Å². The Balaban J connectivity index is 1.23. The molecule has 0 unspecified atom stereocenters. The third-order valence-corrected chi connectivity index (χ3v) is 9.76. The van der Waals surface area contributed by atoms with Crippen LogP contribution in [0.5, 0.6) is 5.75 Å². The minimum Gasteiger partial charge on any atom is -0.508 e. The second kappa shape index (κ2) is 7.08. The van der Waals surface area contributed by atoms with Crippen molar-refractivity contribution in [3.05, 3.63) is 64.7 Å². The number of carbonyl (C=O) groups excluding carboxylic acids is 1. The molecular formula is C29H34N2O3. The van der Waals surface area contributed by atoms with E-state index >= 15 is 0 Å². The lowest BCUT2D eigenvalue weighted by molar-refractivity contribution is -0.139. The zero-order chi connectivity index (χ0) is 23.1. The minimum atomic E-state index is -0.334. The lowest BCUT2D eigenvalue weighted by Gasteiger charge is -2.60. The molecule has 4 bridgehead atoms. The van der Waals surface area contributed by atoms with Crippen LogP contribution in [0, 0.1) is 12.8 Å². The molecule has 3 aliphatic heterocycles. The normalized spacial score (nSPS) is 35.6. The third kappa shape index (κ3) is 2.83. The van der Waals surface area contributed by atoms with Crippen molar-refractivity contribution >= 4 is 5.91 Å². The molecule has 5 nitrogen and oxygen atoms in total. The molecule has 7 rings (SSSR count). The molecular weight excluding hydrogens is 424 g/mol. The standard InChI is InChI=1S/C29H34N2O3/c1-19-4-2-3-5-23(19)26(33)30-18-27-10-11-29(34-27)25-14-21-8-9-22(32)15-24(21)28(29,17-27)12-13-31(25)16-20-6-7-20/h2-5,8-9,15,20,25,32H,6-7,10-14,16-18H2,1H3,(H,30,33)/t25-,27+,28-,29-/m1/s1. The van der Waals surface area contributed by atoms with Gasteiger partial charge in [-0.1, -0.05) is 24.3 Å². The summed E-state index contributed by atoms with van der Waals surface area (Å²) in [5, 5.41) is 13.7. The van der Waals surface area contributed by atoms with Gasteiger partial charge in [-0.15, -0.1) is 0 Å². The van der Waals surface area contributed by atoms with Gasteiger partial charge in [0.15, 0.2) is 0 Å². The molecule has 4 atom stereocenters. The van der Waals surface area contributed by atoms with Crippen LogP contribution in [0.2, 0.25) is 0 Å². The monoisotopic (exact) mass is 458 g/mol. The van der Waals surface area contributed by atoms with Gasteiger partial charge in [-0.2, -0.15) is 0 Å². The van der Waals surface area contributed by atoms with Crippen LogP contribution in [-0.2, 0) is 16.6 Å². The topological polar surface area (TPSA) is 61.8 Å². The molecule has 2 aliphatic carbocycles. The van der Waals surface area contributed by atoms with E-state index in [0.717, 1.165) is 55.7 Å². The molecule has 2 aromatic rings. The van der Waals surface area contributed by atoms with E-state index in [0.29, 0.717) is 18.3 Å². The molecule has 1 amide bonds. The number of likely N-dealkylation sites (tertiary alicyclic amines) is 1.